The number of hydrogen-bond acceptors (Lipinski definition) is 5. The second kappa shape index (κ2) is 7.74. The van der Waals surface area contributed by atoms with Crippen molar-refractivity contribution in [2.45, 2.75) is 13.8 Å². The van der Waals surface area contributed by atoms with Crippen LogP contribution >= 0.6 is 0 Å². The molecule has 5 rings (SSSR count). The molecular weight excluding hydrogens is 402 g/mol. The highest BCUT2D eigenvalue weighted by Crippen LogP contribution is 2.26. The highest BCUT2D eigenvalue weighted by molar-refractivity contribution is 6.13. The number of fused-ring (bicyclic) bond motifs is 2. The number of rotatable bonds is 3. The summed E-state index contributed by atoms with van der Waals surface area (Å²) in [7, 11) is 0. The fourth-order valence-electron chi connectivity index (χ4n) is 3.77. The van der Waals surface area contributed by atoms with Crippen LogP contribution in [0, 0.1) is 13.8 Å². The Kier molecular flexibility index (Phi) is 4.75. The molecule has 0 unspecified atom stereocenters. The van der Waals surface area contributed by atoms with Crippen LogP contribution in [0.5, 0.6) is 0 Å². The summed E-state index contributed by atoms with van der Waals surface area (Å²) >= 11 is 0. The maximum Gasteiger partial charge on any atom is 0.336 e. The standard InChI is InChI=1S/C26H19N3O3/c1-15-6-9-21-19(11-15)20(14-23(29-21)22-5-3-4-10-27-22)26(31)28-17-7-8-18-16(2)12-25(30)32-24(18)13-17/h3-14H,1-2H3,(H,28,31). The summed E-state index contributed by atoms with van der Waals surface area (Å²) in [6, 6.07) is 19.9. The molecule has 3 heterocycles. The lowest BCUT2D eigenvalue weighted by atomic mass is 10.0. The van der Waals surface area contributed by atoms with Gasteiger partial charge in [0, 0.05) is 34.8 Å². The molecule has 0 saturated carbocycles. The van der Waals surface area contributed by atoms with Gasteiger partial charge in [0.1, 0.15) is 5.58 Å². The van der Waals surface area contributed by atoms with E-state index in [4.69, 9.17) is 9.40 Å². The third-order valence-corrected chi connectivity index (χ3v) is 5.35. The summed E-state index contributed by atoms with van der Waals surface area (Å²) in [5, 5.41) is 4.51. The van der Waals surface area contributed by atoms with Gasteiger partial charge in [0.15, 0.2) is 0 Å². The minimum absolute atomic E-state index is 0.283. The SMILES string of the molecule is Cc1ccc2nc(-c3ccccn3)cc(C(=O)Nc3ccc4c(C)cc(=O)oc4c3)c2c1. The third-order valence-electron chi connectivity index (χ3n) is 5.35. The Morgan fingerprint density at radius 2 is 1.78 bits per heavy atom. The van der Waals surface area contributed by atoms with Crippen LogP contribution in [0.2, 0.25) is 0 Å². The number of aromatic nitrogens is 2. The number of hydrogen-bond donors (Lipinski definition) is 1. The molecule has 0 saturated heterocycles. The van der Waals surface area contributed by atoms with Gasteiger partial charge in [-0.1, -0.05) is 17.7 Å². The Morgan fingerprint density at radius 1 is 0.906 bits per heavy atom. The van der Waals surface area contributed by atoms with Crippen LogP contribution in [0.25, 0.3) is 33.3 Å². The van der Waals surface area contributed by atoms with E-state index in [9.17, 15) is 9.59 Å². The smallest absolute Gasteiger partial charge is 0.336 e. The van der Waals surface area contributed by atoms with Crippen molar-refractivity contribution in [3.63, 3.8) is 0 Å². The molecular formula is C26H19N3O3. The van der Waals surface area contributed by atoms with Gasteiger partial charge in [-0.3, -0.25) is 9.78 Å². The molecule has 5 aromatic rings. The Morgan fingerprint density at radius 3 is 2.59 bits per heavy atom. The highest BCUT2D eigenvalue weighted by Gasteiger charge is 2.16. The second-order valence-electron chi connectivity index (χ2n) is 7.70. The van der Waals surface area contributed by atoms with Gasteiger partial charge in [0.25, 0.3) is 5.91 Å². The van der Waals surface area contributed by atoms with E-state index in [1.165, 1.54) is 6.07 Å². The van der Waals surface area contributed by atoms with Crippen LogP contribution in [0.4, 0.5) is 5.69 Å². The summed E-state index contributed by atoms with van der Waals surface area (Å²) in [5.41, 5.74) is 4.90. The minimum Gasteiger partial charge on any atom is -0.423 e. The molecule has 0 spiro atoms. The van der Waals surface area contributed by atoms with Gasteiger partial charge in [-0.05, 0) is 61.9 Å². The number of aryl methyl sites for hydroxylation is 2. The molecule has 0 aliphatic carbocycles. The van der Waals surface area contributed by atoms with Crippen LogP contribution in [0.15, 0.2) is 82.1 Å². The van der Waals surface area contributed by atoms with Crippen molar-refractivity contribution in [2.75, 3.05) is 5.32 Å². The van der Waals surface area contributed by atoms with Crippen LogP contribution in [-0.4, -0.2) is 15.9 Å². The molecule has 0 bridgehead atoms. The molecule has 32 heavy (non-hydrogen) atoms. The van der Waals surface area contributed by atoms with Crippen molar-refractivity contribution in [2.24, 2.45) is 0 Å². The van der Waals surface area contributed by atoms with Crippen molar-refractivity contribution < 1.29 is 9.21 Å². The van der Waals surface area contributed by atoms with Crippen LogP contribution in [-0.2, 0) is 0 Å². The van der Waals surface area contributed by atoms with Gasteiger partial charge in [-0.2, -0.15) is 0 Å². The van der Waals surface area contributed by atoms with E-state index in [2.05, 4.69) is 10.3 Å². The predicted octanol–water partition coefficient (Wildman–Crippen LogP) is 5.27. The van der Waals surface area contributed by atoms with E-state index in [1.807, 2.05) is 56.3 Å². The van der Waals surface area contributed by atoms with Gasteiger partial charge >= 0.3 is 5.63 Å². The number of amides is 1. The number of pyridine rings is 2. The summed E-state index contributed by atoms with van der Waals surface area (Å²) in [4.78, 5) is 34.2. The van der Waals surface area contributed by atoms with Gasteiger partial charge in [-0.25, -0.2) is 9.78 Å². The molecule has 6 heteroatoms. The van der Waals surface area contributed by atoms with Crippen molar-refractivity contribution in [3.8, 4) is 11.4 Å². The summed E-state index contributed by atoms with van der Waals surface area (Å²) in [5.74, 6) is -0.283. The maximum absolute atomic E-state index is 13.3. The zero-order chi connectivity index (χ0) is 22.2. The predicted molar refractivity (Wildman–Crippen MR) is 125 cm³/mol. The third kappa shape index (κ3) is 3.63. The van der Waals surface area contributed by atoms with Gasteiger partial charge in [-0.15, -0.1) is 0 Å². The Balaban J connectivity index is 1.60. The lowest BCUT2D eigenvalue weighted by molar-refractivity contribution is 0.102. The largest absolute Gasteiger partial charge is 0.423 e. The Hall–Kier alpha value is -4.32. The van der Waals surface area contributed by atoms with E-state index in [-0.39, 0.29) is 5.91 Å². The molecule has 1 amide bonds. The van der Waals surface area contributed by atoms with Crippen LogP contribution in [0.3, 0.4) is 0 Å². The quantitative estimate of drug-likeness (QED) is 0.401. The van der Waals surface area contributed by atoms with E-state index in [0.717, 1.165) is 21.9 Å². The zero-order valence-corrected chi connectivity index (χ0v) is 17.5. The summed E-state index contributed by atoms with van der Waals surface area (Å²) in [6.45, 7) is 3.82. The van der Waals surface area contributed by atoms with E-state index >= 15 is 0 Å². The summed E-state index contributed by atoms with van der Waals surface area (Å²) < 4.78 is 5.31. The van der Waals surface area contributed by atoms with Gasteiger partial charge in [0.05, 0.1) is 22.5 Å². The van der Waals surface area contributed by atoms with Crippen LogP contribution in [0.1, 0.15) is 21.5 Å². The first-order chi connectivity index (χ1) is 15.5. The molecule has 156 valence electrons. The number of nitrogens with one attached hydrogen (secondary N) is 1. The molecule has 0 fully saturated rings. The lowest BCUT2D eigenvalue weighted by Crippen LogP contribution is -2.13. The molecule has 3 aromatic heterocycles. The molecule has 0 atom stereocenters. The number of nitrogens with zero attached hydrogens (tertiary/aromatic N) is 2. The average molecular weight is 421 g/mol. The number of benzene rings is 2. The first-order valence-corrected chi connectivity index (χ1v) is 10.2. The minimum atomic E-state index is -0.422. The Bertz CT molecular complexity index is 1560. The Labute approximate surface area is 183 Å². The molecule has 1 N–H and O–H groups in total. The van der Waals surface area contributed by atoms with Crippen molar-refractivity contribution in [1.29, 1.82) is 0 Å². The topological polar surface area (TPSA) is 85.1 Å². The first kappa shape index (κ1) is 19.6. The summed E-state index contributed by atoms with van der Waals surface area (Å²) in [6.07, 6.45) is 1.70. The maximum atomic E-state index is 13.3. The molecule has 6 nitrogen and oxygen atoms in total. The van der Waals surface area contributed by atoms with E-state index in [1.54, 1.807) is 24.4 Å². The fourth-order valence-corrected chi connectivity index (χ4v) is 3.77. The highest BCUT2D eigenvalue weighted by atomic mass is 16.4. The van der Waals surface area contributed by atoms with Gasteiger partial charge < -0.3 is 9.73 Å². The molecule has 2 aromatic carbocycles. The van der Waals surface area contributed by atoms with E-state index < -0.39 is 5.63 Å². The van der Waals surface area contributed by atoms with Crippen molar-refractivity contribution >= 4 is 33.5 Å². The van der Waals surface area contributed by atoms with Crippen molar-refractivity contribution in [3.05, 3.63) is 100 Å². The first-order valence-electron chi connectivity index (χ1n) is 10.2. The lowest BCUT2D eigenvalue weighted by Gasteiger charge is -2.11. The number of carbonyl (C=O) groups excluding carboxylic acids is 1. The number of anilines is 1. The number of carbonyl (C=O) groups is 1. The second-order valence-corrected chi connectivity index (χ2v) is 7.70. The van der Waals surface area contributed by atoms with Crippen molar-refractivity contribution in [1.82, 2.24) is 9.97 Å². The van der Waals surface area contributed by atoms with Crippen LogP contribution < -0.4 is 10.9 Å². The average Bonchev–Trinajstić information content (AvgIpc) is 2.78. The monoisotopic (exact) mass is 421 g/mol. The molecule has 0 aliphatic rings. The van der Waals surface area contributed by atoms with E-state index in [0.29, 0.717) is 33.7 Å². The molecule has 0 radical (unpaired) electrons. The zero-order valence-electron chi connectivity index (χ0n) is 17.5. The van der Waals surface area contributed by atoms with Gasteiger partial charge in [0.2, 0.25) is 0 Å². The fraction of sp³-hybridized carbons (Fsp3) is 0.0769. The normalized spacial score (nSPS) is 11.1. The molecule has 0 aliphatic heterocycles.